The zero-order valence-corrected chi connectivity index (χ0v) is 19.6. The normalized spacial score (nSPS) is 13.6. The second-order valence-electron chi connectivity index (χ2n) is 7.95. The Morgan fingerprint density at radius 1 is 0.939 bits per heavy atom. The van der Waals surface area contributed by atoms with Crippen molar-refractivity contribution in [3.63, 3.8) is 0 Å². The zero-order valence-electron chi connectivity index (χ0n) is 19.6. The van der Waals surface area contributed by atoms with E-state index in [1.54, 1.807) is 19.3 Å². The maximum atomic E-state index is 13.0. The van der Waals surface area contributed by atoms with Gasteiger partial charge in [0.05, 0.1) is 12.7 Å². The van der Waals surface area contributed by atoms with Crippen LogP contribution in [0.2, 0.25) is 0 Å². The minimum atomic E-state index is -0.1000. The Morgan fingerprint density at radius 3 is 2.27 bits per heavy atom. The predicted octanol–water partition coefficient (Wildman–Crippen LogP) is 6.05. The first-order chi connectivity index (χ1) is 16.0. The second-order valence-corrected chi connectivity index (χ2v) is 7.95. The van der Waals surface area contributed by atoms with Crippen molar-refractivity contribution in [2.24, 2.45) is 0 Å². The van der Waals surface area contributed by atoms with Crippen LogP contribution in [-0.2, 0) is 6.61 Å². The molecule has 170 valence electrons. The van der Waals surface area contributed by atoms with Crippen molar-refractivity contribution in [2.75, 3.05) is 25.1 Å². The smallest absolute Gasteiger partial charge is 0.232 e. The van der Waals surface area contributed by atoms with Crippen LogP contribution in [0.4, 0.5) is 5.69 Å². The Labute approximate surface area is 195 Å². The highest BCUT2D eigenvalue weighted by Crippen LogP contribution is 2.37. The van der Waals surface area contributed by atoms with Crippen molar-refractivity contribution in [1.29, 1.82) is 0 Å². The molecule has 3 aromatic rings. The lowest BCUT2D eigenvalue weighted by molar-refractivity contribution is 0.101. The van der Waals surface area contributed by atoms with Crippen LogP contribution in [0.1, 0.15) is 40.9 Å². The molecule has 0 saturated heterocycles. The van der Waals surface area contributed by atoms with E-state index in [9.17, 15) is 4.79 Å². The first kappa shape index (κ1) is 22.5. The molecule has 0 aliphatic carbocycles. The van der Waals surface area contributed by atoms with Gasteiger partial charge in [-0.3, -0.25) is 4.79 Å². The monoisotopic (exact) mass is 443 g/mol. The number of rotatable bonds is 8. The molecule has 1 aliphatic rings. The fraction of sp³-hybridized carbons (Fsp3) is 0.250. The van der Waals surface area contributed by atoms with Gasteiger partial charge in [-0.25, -0.2) is 0 Å². The van der Waals surface area contributed by atoms with Gasteiger partial charge in [0, 0.05) is 24.8 Å². The first-order valence-corrected chi connectivity index (χ1v) is 11.2. The van der Waals surface area contributed by atoms with Crippen LogP contribution in [-0.4, -0.2) is 26.0 Å². The Bertz CT molecular complexity index is 1160. The van der Waals surface area contributed by atoms with E-state index in [1.165, 1.54) is 5.69 Å². The number of benzene rings is 3. The van der Waals surface area contributed by atoms with E-state index in [2.05, 4.69) is 30.9 Å². The van der Waals surface area contributed by atoms with E-state index in [-0.39, 0.29) is 5.78 Å². The first-order valence-electron chi connectivity index (χ1n) is 11.2. The molecule has 0 N–H and O–H groups in total. The standard InChI is InChI=1S/C28H29NO4/c1-5-29(6-2)22-11-7-20(8-12-22)16-26-28(30)27-19(3)15-24(17-25(27)33-26)32-18-21-9-13-23(31-4)14-10-21/h7-17H,5-6,18H2,1-4H3/b26-16-. The molecule has 0 bridgehead atoms. The third-order valence-electron chi connectivity index (χ3n) is 5.83. The summed E-state index contributed by atoms with van der Waals surface area (Å²) in [5.41, 5.74) is 4.55. The third kappa shape index (κ3) is 4.87. The van der Waals surface area contributed by atoms with E-state index >= 15 is 0 Å². The SMILES string of the molecule is CCN(CC)c1ccc(/C=C2\Oc3cc(OCc4ccc(OC)cc4)cc(C)c3C2=O)cc1. The van der Waals surface area contributed by atoms with Crippen LogP contribution >= 0.6 is 0 Å². The predicted molar refractivity (Wildman–Crippen MR) is 131 cm³/mol. The van der Waals surface area contributed by atoms with Gasteiger partial charge in [0.15, 0.2) is 5.76 Å². The highest BCUT2D eigenvalue weighted by Gasteiger charge is 2.30. The fourth-order valence-electron chi connectivity index (χ4n) is 3.97. The van der Waals surface area contributed by atoms with Gasteiger partial charge >= 0.3 is 0 Å². The van der Waals surface area contributed by atoms with Crippen molar-refractivity contribution in [2.45, 2.75) is 27.4 Å². The number of aryl methyl sites for hydroxylation is 1. The number of methoxy groups -OCH3 is 1. The van der Waals surface area contributed by atoms with Gasteiger partial charge in [0.2, 0.25) is 5.78 Å². The topological polar surface area (TPSA) is 48.0 Å². The quantitative estimate of drug-likeness (QED) is 0.397. The summed E-state index contributed by atoms with van der Waals surface area (Å²) in [6, 6.07) is 19.6. The van der Waals surface area contributed by atoms with Crippen LogP contribution in [0, 0.1) is 6.92 Å². The Balaban J connectivity index is 1.49. The number of hydrogen-bond acceptors (Lipinski definition) is 5. The summed E-state index contributed by atoms with van der Waals surface area (Å²) >= 11 is 0. The van der Waals surface area contributed by atoms with E-state index in [1.807, 2.05) is 49.4 Å². The van der Waals surface area contributed by atoms with Crippen LogP contribution in [0.25, 0.3) is 6.08 Å². The number of fused-ring (bicyclic) bond motifs is 1. The van der Waals surface area contributed by atoms with Gasteiger partial charge in [0.1, 0.15) is 23.9 Å². The Morgan fingerprint density at radius 2 is 1.64 bits per heavy atom. The summed E-state index contributed by atoms with van der Waals surface area (Å²) in [5, 5.41) is 0. The fourth-order valence-corrected chi connectivity index (χ4v) is 3.97. The molecular formula is C28H29NO4. The van der Waals surface area contributed by atoms with Gasteiger partial charge < -0.3 is 19.1 Å². The summed E-state index contributed by atoms with van der Waals surface area (Å²) in [4.78, 5) is 15.3. The van der Waals surface area contributed by atoms with E-state index in [0.717, 1.165) is 35.5 Å². The third-order valence-corrected chi connectivity index (χ3v) is 5.83. The number of anilines is 1. The Hall–Kier alpha value is -3.73. The van der Waals surface area contributed by atoms with Crippen molar-refractivity contribution in [3.05, 3.63) is 88.7 Å². The number of ether oxygens (including phenoxy) is 3. The number of carbonyl (C=O) groups excluding carboxylic acids is 1. The molecule has 4 rings (SSSR count). The van der Waals surface area contributed by atoms with Crippen molar-refractivity contribution < 1.29 is 19.0 Å². The maximum Gasteiger partial charge on any atom is 0.232 e. The minimum absolute atomic E-state index is 0.1000. The van der Waals surface area contributed by atoms with Crippen LogP contribution in [0.5, 0.6) is 17.2 Å². The summed E-state index contributed by atoms with van der Waals surface area (Å²) in [6.45, 7) is 8.50. The molecule has 0 spiro atoms. The molecule has 0 unspecified atom stereocenters. The molecular weight excluding hydrogens is 414 g/mol. The molecule has 0 fully saturated rings. The van der Waals surface area contributed by atoms with Gasteiger partial charge in [-0.1, -0.05) is 24.3 Å². The van der Waals surface area contributed by atoms with E-state index < -0.39 is 0 Å². The summed E-state index contributed by atoms with van der Waals surface area (Å²) in [5.74, 6) is 2.24. The average molecular weight is 444 g/mol. The molecule has 5 nitrogen and oxygen atoms in total. The maximum absolute atomic E-state index is 13.0. The lowest BCUT2D eigenvalue weighted by Crippen LogP contribution is -2.21. The molecule has 0 atom stereocenters. The summed E-state index contributed by atoms with van der Waals surface area (Å²) < 4.78 is 17.1. The summed E-state index contributed by atoms with van der Waals surface area (Å²) in [7, 11) is 1.64. The molecule has 0 radical (unpaired) electrons. The number of nitrogens with zero attached hydrogens (tertiary/aromatic N) is 1. The van der Waals surface area contributed by atoms with Gasteiger partial charge in [0.25, 0.3) is 0 Å². The molecule has 1 heterocycles. The Kier molecular flexibility index (Phi) is 6.68. The zero-order chi connectivity index (χ0) is 23.4. The van der Waals surface area contributed by atoms with Crippen molar-refractivity contribution in [1.82, 2.24) is 0 Å². The van der Waals surface area contributed by atoms with Gasteiger partial charge in [-0.2, -0.15) is 0 Å². The highest BCUT2D eigenvalue weighted by atomic mass is 16.5. The molecule has 1 aliphatic heterocycles. The number of allylic oxidation sites excluding steroid dienone is 1. The van der Waals surface area contributed by atoms with Crippen LogP contribution in [0.3, 0.4) is 0 Å². The largest absolute Gasteiger partial charge is 0.497 e. The molecule has 33 heavy (non-hydrogen) atoms. The second kappa shape index (κ2) is 9.82. The molecule has 3 aromatic carbocycles. The van der Waals surface area contributed by atoms with Crippen molar-refractivity contribution in [3.8, 4) is 17.2 Å². The van der Waals surface area contributed by atoms with Gasteiger partial charge in [-0.15, -0.1) is 0 Å². The minimum Gasteiger partial charge on any atom is -0.497 e. The highest BCUT2D eigenvalue weighted by molar-refractivity contribution is 6.15. The number of carbonyl (C=O) groups is 1. The van der Waals surface area contributed by atoms with Gasteiger partial charge in [-0.05, 0) is 73.9 Å². The molecule has 5 heteroatoms. The number of ketones is 1. The molecule has 0 amide bonds. The average Bonchev–Trinajstić information content (AvgIpc) is 3.15. The number of Topliss-reactive ketones (excluding diaryl/α,β-unsaturated/α-hetero) is 1. The molecule has 0 saturated carbocycles. The lowest BCUT2D eigenvalue weighted by Gasteiger charge is -2.20. The van der Waals surface area contributed by atoms with Crippen LogP contribution < -0.4 is 19.1 Å². The van der Waals surface area contributed by atoms with Crippen molar-refractivity contribution >= 4 is 17.5 Å². The summed E-state index contributed by atoms with van der Waals surface area (Å²) in [6.07, 6.45) is 1.80. The van der Waals surface area contributed by atoms with E-state index in [0.29, 0.717) is 29.4 Å². The van der Waals surface area contributed by atoms with Crippen LogP contribution in [0.15, 0.2) is 66.4 Å². The molecule has 0 aromatic heterocycles. The number of hydrogen-bond donors (Lipinski definition) is 0. The lowest BCUT2D eigenvalue weighted by atomic mass is 10.0. The van der Waals surface area contributed by atoms with E-state index in [4.69, 9.17) is 14.2 Å².